The molecule has 4 aromatic rings. The molecule has 0 spiro atoms. The molecule has 3 N–H and O–H groups in total. The first-order valence-corrected chi connectivity index (χ1v) is 17.6. The third-order valence-electron chi connectivity index (χ3n) is 8.30. The molecule has 1 aromatic heterocycles. The second-order valence-corrected chi connectivity index (χ2v) is 18.1. The molecule has 1 atom stereocenters. The standard InChI is InChI=1S/C35H46N2O4Si/c1-34(2,3)42(6,7)41-31(22-36-35(4,5)21-26-14-11-15-27(20-26)23-38)28-16-18-30(33-29(28)17-19-32(39)37-33)40-24-25-12-9-8-10-13-25/h8-20,31,36,38H,21-24H2,1-7H3,(H,37,39)/t31-/m0/s1. The van der Waals surface area contributed by atoms with E-state index < -0.39 is 8.32 Å². The zero-order valence-electron chi connectivity index (χ0n) is 26.1. The molecule has 0 aliphatic carbocycles. The number of nitrogens with one attached hydrogen (secondary N) is 2. The van der Waals surface area contributed by atoms with Gasteiger partial charge in [-0.15, -0.1) is 0 Å². The van der Waals surface area contributed by atoms with Gasteiger partial charge < -0.3 is 24.6 Å². The van der Waals surface area contributed by atoms with E-state index in [0.717, 1.165) is 28.5 Å². The van der Waals surface area contributed by atoms with E-state index in [2.05, 4.69) is 76.2 Å². The summed E-state index contributed by atoms with van der Waals surface area (Å²) in [5.74, 6) is 0.637. The number of H-pyrrole nitrogens is 1. The molecule has 0 saturated carbocycles. The van der Waals surface area contributed by atoms with Crippen molar-refractivity contribution in [1.82, 2.24) is 10.3 Å². The molecule has 4 rings (SSSR count). The Kier molecular flexibility index (Phi) is 9.78. The minimum Gasteiger partial charge on any atom is -0.487 e. The fraction of sp³-hybridized carbons (Fsp3) is 0.400. The Hall–Kier alpha value is -3.23. The summed E-state index contributed by atoms with van der Waals surface area (Å²) in [4.78, 5) is 15.5. The number of rotatable bonds is 12. The van der Waals surface area contributed by atoms with Crippen molar-refractivity contribution in [3.63, 3.8) is 0 Å². The molecule has 0 bridgehead atoms. The predicted octanol–water partition coefficient (Wildman–Crippen LogP) is 7.27. The Balaban J connectivity index is 1.67. The lowest BCUT2D eigenvalue weighted by Gasteiger charge is -2.40. The maximum Gasteiger partial charge on any atom is 0.248 e. The normalized spacial score (nSPS) is 13.3. The third kappa shape index (κ3) is 7.98. The van der Waals surface area contributed by atoms with Crippen LogP contribution in [0.1, 0.15) is 63.0 Å². The van der Waals surface area contributed by atoms with Crippen LogP contribution in [0.5, 0.6) is 5.75 Å². The molecular formula is C35H46N2O4Si. The van der Waals surface area contributed by atoms with Crippen molar-refractivity contribution in [2.24, 2.45) is 0 Å². The Morgan fingerprint density at radius 2 is 1.57 bits per heavy atom. The van der Waals surface area contributed by atoms with Crippen molar-refractivity contribution in [3.8, 4) is 5.75 Å². The summed E-state index contributed by atoms with van der Waals surface area (Å²) in [6, 6.07) is 25.6. The topological polar surface area (TPSA) is 83.6 Å². The van der Waals surface area contributed by atoms with E-state index in [1.54, 1.807) is 6.07 Å². The van der Waals surface area contributed by atoms with Gasteiger partial charge in [0.15, 0.2) is 8.32 Å². The van der Waals surface area contributed by atoms with E-state index in [1.807, 2.05) is 54.6 Å². The molecule has 1 heterocycles. The van der Waals surface area contributed by atoms with Gasteiger partial charge >= 0.3 is 0 Å². The van der Waals surface area contributed by atoms with Crippen LogP contribution in [-0.2, 0) is 24.1 Å². The number of benzene rings is 3. The number of hydrogen-bond acceptors (Lipinski definition) is 5. The molecule has 0 saturated heterocycles. The first-order chi connectivity index (χ1) is 19.8. The van der Waals surface area contributed by atoms with E-state index in [1.165, 1.54) is 5.56 Å². The van der Waals surface area contributed by atoms with Gasteiger partial charge in [0, 0.05) is 23.5 Å². The van der Waals surface area contributed by atoms with E-state index in [9.17, 15) is 9.90 Å². The lowest BCUT2D eigenvalue weighted by atomic mass is 9.93. The number of aliphatic hydroxyl groups excluding tert-OH is 1. The fourth-order valence-electron chi connectivity index (χ4n) is 4.91. The maximum atomic E-state index is 12.5. The average molecular weight is 587 g/mol. The monoisotopic (exact) mass is 586 g/mol. The van der Waals surface area contributed by atoms with Crippen LogP contribution in [0, 0.1) is 0 Å². The molecule has 7 heteroatoms. The van der Waals surface area contributed by atoms with E-state index in [-0.39, 0.29) is 28.8 Å². The number of aromatic nitrogens is 1. The van der Waals surface area contributed by atoms with Crippen molar-refractivity contribution in [2.45, 2.75) is 84.0 Å². The largest absolute Gasteiger partial charge is 0.487 e. The zero-order chi connectivity index (χ0) is 30.5. The fourth-order valence-corrected chi connectivity index (χ4v) is 6.19. The summed E-state index contributed by atoms with van der Waals surface area (Å²) in [6.07, 6.45) is 0.555. The molecule has 224 valence electrons. The van der Waals surface area contributed by atoms with Gasteiger partial charge in [0.05, 0.1) is 18.2 Å². The van der Waals surface area contributed by atoms with Crippen LogP contribution in [-0.4, -0.2) is 30.5 Å². The molecule has 42 heavy (non-hydrogen) atoms. The van der Waals surface area contributed by atoms with E-state index in [4.69, 9.17) is 9.16 Å². The summed E-state index contributed by atoms with van der Waals surface area (Å²) >= 11 is 0. The average Bonchev–Trinajstić information content (AvgIpc) is 2.93. The van der Waals surface area contributed by atoms with Gasteiger partial charge in [-0.2, -0.15) is 0 Å². The van der Waals surface area contributed by atoms with Crippen LogP contribution in [0.2, 0.25) is 18.1 Å². The molecule has 0 radical (unpaired) electrons. The van der Waals surface area contributed by atoms with Gasteiger partial charge in [-0.3, -0.25) is 4.79 Å². The van der Waals surface area contributed by atoms with Gasteiger partial charge in [-0.05, 0) is 72.8 Å². The highest BCUT2D eigenvalue weighted by molar-refractivity contribution is 6.74. The smallest absolute Gasteiger partial charge is 0.248 e. The summed E-state index contributed by atoms with van der Waals surface area (Å²) in [5.41, 5.74) is 4.44. The summed E-state index contributed by atoms with van der Waals surface area (Å²) in [5, 5.41) is 14.3. The molecule has 3 aromatic carbocycles. The van der Waals surface area contributed by atoms with Crippen LogP contribution in [0.25, 0.3) is 10.9 Å². The summed E-state index contributed by atoms with van der Waals surface area (Å²) < 4.78 is 13.3. The third-order valence-corrected chi connectivity index (χ3v) is 12.8. The highest BCUT2D eigenvalue weighted by atomic mass is 28.4. The van der Waals surface area contributed by atoms with Crippen LogP contribution in [0.3, 0.4) is 0 Å². The maximum absolute atomic E-state index is 12.5. The van der Waals surface area contributed by atoms with Crippen LogP contribution in [0.4, 0.5) is 0 Å². The van der Waals surface area contributed by atoms with Gasteiger partial charge in [0.25, 0.3) is 0 Å². The molecule has 0 aliphatic rings. The molecular weight excluding hydrogens is 540 g/mol. The van der Waals surface area contributed by atoms with Crippen molar-refractivity contribution in [2.75, 3.05) is 6.54 Å². The second-order valence-electron chi connectivity index (χ2n) is 13.3. The molecule has 0 fully saturated rings. The molecule has 0 amide bonds. The number of aliphatic hydroxyl groups is 1. The molecule has 6 nitrogen and oxygen atoms in total. The SMILES string of the molecule is CC(C)(Cc1cccc(CO)c1)NC[C@H](O[Si](C)(C)C(C)(C)C)c1ccc(OCc2ccccc2)c2[nH]c(=O)ccc12. The number of pyridine rings is 1. The van der Waals surface area contributed by atoms with Crippen LogP contribution >= 0.6 is 0 Å². The lowest BCUT2D eigenvalue weighted by Crippen LogP contribution is -2.47. The summed E-state index contributed by atoms with van der Waals surface area (Å²) in [6.45, 7) is 16.7. The first kappa shape index (κ1) is 31.7. The van der Waals surface area contributed by atoms with Crippen LogP contribution < -0.4 is 15.6 Å². The molecule has 0 aliphatic heterocycles. The summed E-state index contributed by atoms with van der Waals surface area (Å²) in [7, 11) is -2.18. The minimum absolute atomic E-state index is 0.0222. The van der Waals surface area contributed by atoms with Gasteiger partial charge in [0.2, 0.25) is 5.56 Å². The number of fused-ring (bicyclic) bond motifs is 1. The van der Waals surface area contributed by atoms with E-state index in [0.29, 0.717) is 24.4 Å². The Morgan fingerprint density at radius 1 is 0.881 bits per heavy atom. The Bertz CT molecular complexity index is 1540. The Morgan fingerprint density at radius 3 is 2.26 bits per heavy atom. The quantitative estimate of drug-likeness (QED) is 0.152. The lowest BCUT2D eigenvalue weighted by molar-refractivity contribution is 0.168. The van der Waals surface area contributed by atoms with Gasteiger partial charge in [0.1, 0.15) is 12.4 Å². The van der Waals surface area contributed by atoms with Crippen molar-refractivity contribution < 1.29 is 14.3 Å². The minimum atomic E-state index is -2.18. The van der Waals surface area contributed by atoms with Crippen molar-refractivity contribution in [1.29, 1.82) is 0 Å². The number of hydrogen-bond donors (Lipinski definition) is 3. The van der Waals surface area contributed by atoms with Crippen LogP contribution in [0.15, 0.2) is 83.7 Å². The first-order valence-electron chi connectivity index (χ1n) is 14.7. The Labute approximate surface area is 251 Å². The molecule has 0 unspecified atom stereocenters. The number of ether oxygens (including phenoxy) is 1. The number of aromatic amines is 1. The second kappa shape index (κ2) is 13.0. The predicted molar refractivity (Wildman–Crippen MR) is 175 cm³/mol. The highest BCUT2D eigenvalue weighted by Crippen LogP contribution is 2.41. The van der Waals surface area contributed by atoms with Gasteiger partial charge in [-0.1, -0.05) is 81.4 Å². The van der Waals surface area contributed by atoms with Crippen molar-refractivity contribution >= 4 is 19.2 Å². The van der Waals surface area contributed by atoms with E-state index >= 15 is 0 Å². The van der Waals surface area contributed by atoms with Crippen molar-refractivity contribution in [3.05, 3.63) is 111 Å². The zero-order valence-corrected chi connectivity index (χ0v) is 27.1. The van der Waals surface area contributed by atoms with Gasteiger partial charge in [-0.25, -0.2) is 0 Å². The highest BCUT2D eigenvalue weighted by Gasteiger charge is 2.40.